The van der Waals surface area contributed by atoms with Crippen LogP contribution < -0.4 is 0 Å². The molecule has 152 valence electrons. The summed E-state index contributed by atoms with van der Waals surface area (Å²) >= 11 is 0. The maximum Gasteiger partial charge on any atom is 0.305 e. The third kappa shape index (κ3) is 9.10. The summed E-state index contributed by atoms with van der Waals surface area (Å²) in [5.41, 5.74) is 0. The van der Waals surface area contributed by atoms with E-state index in [2.05, 4.69) is 16.6 Å². The number of likely N-dealkylation sites (tertiary alicyclic amines) is 1. The zero-order valence-corrected chi connectivity index (χ0v) is 17.1. The number of esters is 1. The van der Waals surface area contributed by atoms with Gasteiger partial charge in [0.1, 0.15) is 0 Å². The van der Waals surface area contributed by atoms with Gasteiger partial charge in [0.15, 0.2) is 0 Å². The van der Waals surface area contributed by atoms with Crippen LogP contribution in [0, 0.1) is 17.8 Å². The molecule has 5 nitrogen and oxygen atoms in total. The van der Waals surface area contributed by atoms with Gasteiger partial charge in [-0.25, -0.2) is 0 Å². The zero-order valence-electron chi connectivity index (χ0n) is 17.1. The van der Waals surface area contributed by atoms with E-state index in [1.807, 2.05) is 30.9 Å². The molecule has 0 aromatic carbocycles. The highest BCUT2D eigenvalue weighted by Crippen LogP contribution is 2.22. The zero-order chi connectivity index (χ0) is 20.1. The van der Waals surface area contributed by atoms with E-state index in [-0.39, 0.29) is 23.8 Å². The first kappa shape index (κ1) is 23.2. The van der Waals surface area contributed by atoms with E-state index in [1.54, 1.807) is 0 Å². The summed E-state index contributed by atoms with van der Waals surface area (Å²) in [5.74, 6) is 6.22. The van der Waals surface area contributed by atoms with E-state index in [0.29, 0.717) is 19.3 Å². The van der Waals surface area contributed by atoms with Crippen molar-refractivity contribution in [3.8, 4) is 11.8 Å². The van der Waals surface area contributed by atoms with Crippen molar-refractivity contribution in [2.75, 3.05) is 13.7 Å². The third-order valence-electron chi connectivity index (χ3n) is 4.97. The monoisotopic (exact) mass is 377 g/mol. The van der Waals surface area contributed by atoms with Gasteiger partial charge in [0.2, 0.25) is 5.91 Å². The fourth-order valence-corrected chi connectivity index (χ4v) is 3.16. The smallest absolute Gasteiger partial charge is 0.305 e. The van der Waals surface area contributed by atoms with Gasteiger partial charge in [0.05, 0.1) is 19.3 Å². The SMILES string of the molecule is CCC#CCC(C)C(O)/C=C/C1CCC(=O)N1CCCCCCC(=O)OC. The molecule has 3 unspecified atom stereocenters. The van der Waals surface area contributed by atoms with Crippen LogP contribution in [0.15, 0.2) is 12.2 Å². The van der Waals surface area contributed by atoms with Crippen molar-refractivity contribution in [3.63, 3.8) is 0 Å². The van der Waals surface area contributed by atoms with Crippen molar-refractivity contribution < 1.29 is 19.4 Å². The highest BCUT2D eigenvalue weighted by molar-refractivity contribution is 5.79. The molecule has 3 atom stereocenters. The normalized spacial score (nSPS) is 19.0. The minimum atomic E-state index is -0.535. The Morgan fingerprint density at radius 1 is 1.33 bits per heavy atom. The largest absolute Gasteiger partial charge is 0.469 e. The van der Waals surface area contributed by atoms with Crippen LogP contribution in [-0.2, 0) is 14.3 Å². The second kappa shape index (κ2) is 13.4. The van der Waals surface area contributed by atoms with E-state index in [4.69, 9.17) is 0 Å². The second-order valence-corrected chi connectivity index (χ2v) is 7.20. The number of ether oxygens (including phenoxy) is 1. The average Bonchev–Trinajstić information content (AvgIpc) is 3.02. The van der Waals surface area contributed by atoms with Crippen molar-refractivity contribution in [2.24, 2.45) is 5.92 Å². The molecule has 0 bridgehead atoms. The Kier molecular flexibility index (Phi) is 11.5. The van der Waals surface area contributed by atoms with E-state index < -0.39 is 6.10 Å². The summed E-state index contributed by atoms with van der Waals surface area (Å²) < 4.78 is 4.63. The number of unbranched alkanes of at least 4 members (excludes halogenated alkanes) is 3. The molecule has 0 aromatic rings. The van der Waals surface area contributed by atoms with Gasteiger partial charge >= 0.3 is 5.97 Å². The standard InChI is InChI=1S/C22H35NO4/c1-4-5-8-11-18(2)20(24)15-13-19-14-16-21(25)23(19)17-10-7-6-9-12-22(26)27-3/h13,15,18-20,24H,4,6-7,9-12,14,16-17H2,1-3H3/b15-13+. The maximum atomic E-state index is 12.1. The first-order chi connectivity index (χ1) is 13.0. The molecule has 27 heavy (non-hydrogen) atoms. The number of hydrogen-bond donors (Lipinski definition) is 1. The molecular weight excluding hydrogens is 342 g/mol. The number of nitrogens with zero attached hydrogens (tertiary/aromatic N) is 1. The van der Waals surface area contributed by atoms with E-state index in [0.717, 1.165) is 45.1 Å². The molecule has 5 heteroatoms. The summed E-state index contributed by atoms with van der Waals surface area (Å²) in [6, 6.07) is 0.0798. The molecule has 0 spiro atoms. The van der Waals surface area contributed by atoms with Crippen LogP contribution >= 0.6 is 0 Å². The summed E-state index contributed by atoms with van der Waals surface area (Å²) in [6.07, 6.45) is 10.4. The minimum Gasteiger partial charge on any atom is -0.469 e. The quantitative estimate of drug-likeness (QED) is 0.259. The number of carbonyl (C=O) groups is 2. The lowest BCUT2D eigenvalue weighted by Gasteiger charge is -2.23. The van der Waals surface area contributed by atoms with E-state index >= 15 is 0 Å². The predicted octanol–water partition coefficient (Wildman–Crippen LogP) is 3.46. The summed E-state index contributed by atoms with van der Waals surface area (Å²) in [7, 11) is 1.41. The average molecular weight is 378 g/mol. The maximum absolute atomic E-state index is 12.1. The van der Waals surface area contributed by atoms with Crippen LogP contribution in [-0.4, -0.2) is 47.7 Å². The fourth-order valence-electron chi connectivity index (χ4n) is 3.16. The first-order valence-corrected chi connectivity index (χ1v) is 10.2. The van der Waals surface area contributed by atoms with Crippen LogP contribution in [0.1, 0.15) is 71.6 Å². The Morgan fingerprint density at radius 2 is 2.07 bits per heavy atom. The first-order valence-electron chi connectivity index (χ1n) is 10.2. The third-order valence-corrected chi connectivity index (χ3v) is 4.97. The second-order valence-electron chi connectivity index (χ2n) is 7.20. The van der Waals surface area contributed by atoms with Gasteiger partial charge in [-0.1, -0.05) is 38.8 Å². The van der Waals surface area contributed by atoms with Gasteiger partial charge in [-0.05, 0) is 25.2 Å². The predicted molar refractivity (Wildman–Crippen MR) is 107 cm³/mol. The minimum absolute atomic E-state index is 0.0798. The van der Waals surface area contributed by atoms with Gasteiger partial charge < -0.3 is 14.7 Å². The van der Waals surface area contributed by atoms with Crippen LogP contribution in [0.5, 0.6) is 0 Å². The lowest BCUT2D eigenvalue weighted by molar-refractivity contribution is -0.140. The van der Waals surface area contributed by atoms with Crippen LogP contribution in [0.25, 0.3) is 0 Å². The van der Waals surface area contributed by atoms with Gasteiger partial charge in [-0.3, -0.25) is 9.59 Å². The highest BCUT2D eigenvalue weighted by atomic mass is 16.5. The Morgan fingerprint density at radius 3 is 2.78 bits per heavy atom. The molecule has 1 fully saturated rings. The van der Waals surface area contributed by atoms with Gasteiger partial charge in [-0.15, -0.1) is 11.8 Å². The number of carbonyl (C=O) groups excluding carboxylic acids is 2. The van der Waals surface area contributed by atoms with Crippen molar-refractivity contribution in [1.29, 1.82) is 0 Å². The van der Waals surface area contributed by atoms with Crippen molar-refractivity contribution >= 4 is 11.9 Å². The van der Waals surface area contributed by atoms with Crippen LogP contribution in [0.2, 0.25) is 0 Å². The lowest BCUT2D eigenvalue weighted by Crippen LogP contribution is -2.33. The molecule has 1 amide bonds. The number of aliphatic hydroxyl groups excluding tert-OH is 1. The number of amides is 1. The van der Waals surface area contributed by atoms with Crippen molar-refractivity contribution in [1.82, 2.24) is 4.90 Å². The van der Waals surface area contributed by atoms with E-state index in [1.165, 1.54) is 7.11 Å². The molecule has 0 saturated carbocycles. The molecular formula is C22H35NO4. The summed E-state index contributed by atoms with van der Waals surface area (Å²) in [6.45, 7) is 4.74. The molecule has 1 aliphatic rings. The topological polar surface area (TPSA) is 66.8 Å². The lowest BCUT2D eigenvalue weighted by atomic mass is 10.00. The van der Waals surface area contributed by atoms with Crippen molar-refractivity contribution in [3.05, 3.63) is 12.2 Å². The summed E-state index contributed by atoms with van der Waals surface area (Å²) in [5, 5.41) is 10.3. The van der Waals surface area contributed by atoms with Gasteiger partial charge in [0, 0.05) is 32.2 Å². The number of aliphatic hydroxyl groups is 1. The molecule has 0 radical (unpaired) electrons. The molecule has 0 aliphatic carbocycles. The Hall–Kier alpha value is -1.80. The molecule has 1 heterocycles. The van der Waals surface area contributed by atoms with E-state index in [9.17, 15) is 14.7 Å². The van der Waals surface area contributed by atoms with Gasteiger partial charge in [-0.2, -0.15) is 0 Å². The number of rotatable bonds is 11. The molecule has 0 aromatic heterocycles. The Labute approximate surface area is 164 Å². The molecule has 1 rings (SSSR count). The number of hydrogen-bond acceptors (Lipinski definition) is 4. The van der Waals surface area contributed by atoms with Crippen LogP contribution in [0.4, 0.5) is 0 Å². The van der Waals surface area contributed by atoms with Gasteiger partial charge in [0.25, 0.3) is 0 Å². The summed E-state index contributed by atoms with van der Waals surface area (Å²) in [4.78, 5) is 25.1. The van der Waals surface area contributed by atoms with Crippen molar-refractivity contribution in [2.45, 2.75) is 83.8 Å². The Balaban J connectivity index is 2.37. The molecule has 1 N–H and O–H groups in total. The molecule has 1 aliphatic heterocycles. The number of methoxy groups -OCH3 is 1. The molecule has 1 saturated heterocycles. The Bertz CT molecular complexity index is 546. The highest BCUT2D eigenvalue weighted by Gasteiger charge is 2.28. The van der Waals surface area contributed by atoms with Crippen LogP contribution in [0.3, 0.4) is 0 Å². The fraction of sp³-hybridized carbons (Fsp3) is 0.727.